The number of hydrogen-bond acceptors (Lipinski definition) is 2. The largest absolute Gasteiger partial charge is 0.416 e. The molecule has 1 aromatic carbocycles. The van der Waals surface area contributed by atoms with E-state index in [0.29, 0.717) is 36.0 Å². The topological polar surface area (TPSA) is 37.3 Å². The van der Waals surface area contributed by atoms with E-state index in [1.165, 1.54) is 12.1 Å². The minimum atomic E-state index is -4.37. The summed E-state index contributed by atoms with van der Waals surface area (Å²) in [6, 6.07) is 4.52. The number of aliphatic hydroxyl groups excluding tert-OH is 1. The maximum atomic E-state index is 12.4. The number of hydrogen-bond donors (Lipinski definition) is 1. The zero-order chi connectivity index (χ0) is 15.5. The predicted octanol–water partition coefficient (Wildman–Crippen LogP) is 3.10. The first kappa shape index (κ1) is 15.3. The Morgan fingerprint density at radius 3 is 2.33 bits per heavy atom. The van der Waals surface area contributed by atoms with Gasteiger partial charge in [0.15, 0.2) is 5.78 Å². The molecule has 1 N–H and O–H groups in total. The molecule has 0 radical (unpaired) electrons. The Morgan fingerprint density at radius 1 is 1.10 bits per heavy atom. The number of halogens is 3. The molecule has 0 spiro atoms. The molecule has 0 aliphatic heterocycles. The van der Waals surface area contributed by atoms with Crippen LogP contribution >= 0.6 is 0 Å². The molecule has 1 aliphatic rings. The average Bonchev–Trinajstić information content (AvgIpc) is 2.44. The van der Waals surface area contributed by atoms with Gasteiger partial charge < -0.3 is 5.11 Å². The smallest absolute Gasteiger partial charge is 0.392 e. The van der Waals surface area contributed by atoms with Gasteiger partial charge in [-0.3, -0.25) is 4.79 Å². The summed E-state index contributed by atoms with van der Waals surface area (Å²) in [5.41, 5.74) is 0.608. The van der Waals surface area contributed by atoms with Crippen molar-refractivity contribution in [2.45, 2.75) is 25.4 Å². The third-order valence-electron chi connectivity index (χ3n) is 3.26. The minimum absolute atomic E-state index is 0.111. The molecule has 5 heteroatoms. The molecule has 0 unspecified atom stereocenters. The van der Waals surface area contributed by atoms with Crippen LogP contribution in [0, 0.1) is 11.8 Å². The summed E-state index contributed by atoms with van der Waals surface area (Å²) in [4.78, 5) is 11.6. The molecule has 110 valence electrons. The SMILES string of the molecule is O=C1CCCC(C#Cc2ccc(C(F)(F)F)cc2)=C1CO. The van der Waals surface area contributed by atoms with Crippen LogP contribution in [0.25, 0.3) is 0 Å². The zero-order valence-corrected chi connectivity index (χ0v) is 11.1. The summed E-state index contributed by atoms with van der Waals surface area (Å²) in [5.74, 6) is 5.42. The van der Waals surface area contributed by atoms with E-state index in [0.717, 1.165) is 12.1 Å². The van der Waals surface area contributed by atoms with E-state index in [9.17, 15) is 23.1 Å². The van der Waals surface area contributed by atoms with E-state index in [1.54, 1.807) is 0 Å². The van der Waals surface area contributed by atoms with Crippen LogP contribution < -0.4 is 0 Å². The van der Waals surface area contributed by atoms with Crippen LogP contribution in [0.1, 0.15) is 30.4 Å². The van der Waals surface area contributed by atoms with Gasteiger partial charge in [0.2, 0.25) is 0 Å². The third-order valence-corrected chi connectivity index (χ3v) is 3.26. The minimum Gasteiger partial charge on any atom is -0.392 e. The monoisotopic (exact) mass is 294 g/mol. The molecular formula is C16H13F3O2. The van der Waals surface area contributed by atoms with E-state index in [2.05, 4.69) is 11.8 Å². The molecule has 1 aliphatic carbocycles. The molecular weight excluding hydrogens is 281 g/mol. The van der Waals surface area contributed by atoms with Crippen LogP contribution in [0.4, 0.5) is 13.2 Å². The Labute approximate surface area is 120 Å². The van der Waals surface area contributed by atoms with Crippen molar-refractivity contribution in [3.8, 4) is 11.8 Å². The third kappa shape index (κ3) is 3.73. The molecule has 21 heavy (non-hydrogen) atoms. The number of Topliss-reactive ketones (excluding diaryl/α,β-unsaturated/α-hetero) is 1. The van der Waals surface area contributed by atoms with Crippen molar-refractivity contribution in [1.82, 2.24) is 0 Å². The van der Waals surface area contributed by atoms with Crippen LogP contribution in [0.3, 0.4) is 0 Å². The highest BCUT2D eigenvalue weighted by molar-refractivity contribution is 5.98. The summed E-state index contributed by atoms with van der Waals surface area (Å²) < 4.78 is 37.3. The lowest BCUT2D eigenvalue weighted by Crippen LogP contribution is -2.13. The van der Waals surface area contributed by atoms with E-state index in [4.69, 9.17) is 0 Å². The number of ketones is 1. The van der Waals surface area contributed by atoms with Gasteiger partial charge in [0, 0.05) is 23.1 Å². The summed E-state index contributed by atoms with van der Waals surface area (Å²) in [6.45, 7) is -0.351. The molecule has 2 rings (SSSR count). The van der Waals surface area contributed by atoms with Crippen LogP contribution in [0.2, 0.25) is 0 Å². The molecule has 0 saturated carbocycles. The number of rotatable bonds is 1. The summed E-state index contributed by atoms with van der Waals surface area (Å²) >= 11 is 0. The fraction of sp³-hybridized carbons (Fsp3) is 0.312. The first-order valence-corrected chi connectivity index (χ1v) is 6.47. The highest BCUT2D eigenvalue weighted by Crippen LogP contribution is 2.29. The molecule has 0 atom stereocenters. The lowest BCUT2D eigenvalue weighted by molar-refractivity contribution is -0.137. The Morgan fingerprint density at radius 2 is 1.76 bits per heavy atom. The normalized spacial score (nSPS) is 15.7. The van der Waals surface area contributed by atoms with Crippen molar-refractivity contribution in [3.63, 3.8) is 0 Å². The molecule has 0 fully saturated rings. The van der Waals surface area contributed by atoms with Gasteiger partial charge in [-0.1, -0.05) is 11.8 Å². The van der Waals surface area contributed by atoms with Crippen LogP contribution in [0.5, 0.6) is 0 Å². The fourth-order valence-electron chi connectivity index (χ4n) is 2.11. The molecule has 0 heterocycles. The van der Waals surface area contributed by atoms with Crippen molar-refractivity contribution in [3.05, 3.63) is 46.5 Å². The van der Waals surface area contributed by atoms with Gasteiger partial charge in [-0.25, -0.2) is 0 Å². The van der Waals surface area contributed by atoms with E-state index in [1.807, 2.05) is 0 Å². The number of alkyl halides is 3. The highest BCUT2D eigenvalue weighted by atomic mass is 19.4. The Bertz CT molecular complexity index is 628. The predicted molar refractivity (Wildman–Crippen MR) is 71.3 cm³/mol. The molecule has 0 amide bonds. The maximum Gasteiger partial charge on any atom is 0.416 e. The number of carbonyl (C=O) groups is 1. The van der Waals surface area contributed by atoms with Gasteiger partial charge >= 0.3 is 6.18 Å². The highest BCUT2D eigenvalue weighted by Gasteiger charge is 2.29. The van der Waals surface area contributed by atoms with E-state index < -0.39 is 11.7 Å². The van der Waals surface area contributed by atoms with Gasteiger partial charge in [-0.05, 0) is 37.1 Å². The number of carbonyl (C=O) groups excluding carboxylic acids is 1. The summed E-state index contributed by atoms with van der Waals surface area (Å²) in [5, 5.41) is 9.18. The first-order valence-electron chi connectivity index (χ1n) is 6.47. The Balaban J connectivity index is 2.25. The van der Waals surface area contributed by atoms with Gasteiger partial charge in [-0.15, -0.1) is 0 Å². The van der Waals surface area contributed by atoms with Crippen molar-refractivity contribution in [2.24, 2.45) is 0 Å². The van der Waals surface area contributed by atoms with E-state index in [-0.39, 0.29) is 12.4 Å². The maximum absolute atomic E-state index is 12.4. The van der Waals surface area contributed by atoms with E-state index >= 15 is 0 Å². The summed E-state index contributed by atoms with van der Waals surface area (Å²) in [6.07, 6.45) is -2.68. The lowest BCUT2D eigenvalue weighted by Gasteiger charge is -2.13. The van der Waals surface area contributed by atoms with Crippen LogP contribution in [-0.4, -0.2) is 17.5 Å². The molecule has 0 aromatic heterocycles. The average molecular weight is 294 g/mol. The molecule has 0 bridgehead atoms. The van der Waals surface area contributed by atoms with Gasteiger partial charge in [0.25, 0.3) is 0 Å². The zero-order valence-electron chi connectivity index (χ0n) is 11.1. The Hall–Kier alpha value is -2.06. The first-order chi connectivity index (χ1) is 9.91. The van der Waals surface area contributed by atoms with Crippen LogP contribution in [0.15, 0.2) is 35.4 Å². The van der Waals surface area contributed by atoms with Gasteiger partial charge in [-0.2, -0.15) is 13.2 Å². The van der Waals surface area contributed by atoms with Crippen molar-refractivity contribution < 1.29 is 23.1 Å². The van der Waals surface area contributed by atoms with Crippen LogP contribution in [-0.2, 0) is 11.0 Å². The lowest BCUT2D eigenvalue weighted by atomic mass is 9.91. The second-order valence-corrected chi connectivity index (χ2v) is 4.72. The van der Waals surface area contributed by atoms with Crippen molar-refractivity contribution >= 4 is 5.78 Å². The number of aliphatic hydroxyl groups is 1. The number of benzene rings is 1. The van der Waals surface area contributed by atoms with Crippen molar-refractivity contribution in [2.75, 3.05) is 6.61 Å². The summed E-state index contributed by atoms with van der Waals surface area (Å²) in [7, 11) is 0. The second kappa shape index (κ2) is 6.15. The molecule has 1 aromatic rings. The van der Waals surface area contributed by atoms with Gasteiger partial charge in [0.1, 0.15) is 0 Å². The molecule has 0 saturated heterocycles. The standard InChI is InChI=1S/C16H13F3O2/c17-16(18,19)13-8-5-11(6-9-13)4-7-12-2-1-3-15(21)14(12)10-20/h5-6,8-9,20H,1-3,10H2. The van der Waals surface area contributed by atoms with Crippen molar-refractivity contribution in [1.29, 1.82) is 0 Å². The fourth-order valence-corrected chi connectivity index (χ4v) is 2.11. The molecule has 2 nitrogen and oxygen atoms in total. The number of allylic oxidation sites excluding steroid dienone is 1. The van der Waals surface area contributed by atoms with Gasteiger partial charge in [0.05, 0.1) is 12.2 Å². The Kier molecular flexibility index (Phi) is 4.49. The quantitative estimate of drug-likeness (QED) is 0.808. The second-order valence-electron chi connectivity index (χ2n) is 4.72.